The van der Waals surface area contributed by atoms with Gasteiger partial charge in [-0.25, -0.2) is 9.97 Å². The molecule has 1 amide bonds. The maximum Gasteiger partial charge on any atom is 0.263 e. The molecule has 0 spiro atoms. The van der Waals surface area contributed by atoms with Crippen molar-refractivity contribution in [3.63, 3.8) is 0 Å². The highest BCUT2D eigenvalue weighted by Gasteiger charge is 2.09. The number of nitriles is 1. The van der Waals surface area contributed by atoms with Crippen LogP contribution in [0.3, 0.4) is 0 Å². The van der Waals surface area contributed by atoms with Crippen LogP contribution in [-0.2, 0) is 11.3 Å². The van der Waals surface area contributed by atoms with E-state index in [1.54, 1.807) is 36.7 Å². The third-order valence-electron chi connectivity index (χ3n) is 2.28. The van der Waals surface area contributed by atoms with Crippen LogP contribution >= 0.6 is 0 Å². The molecule has 0 aliphatic heterocycles. The number of nitrogens with zero attached hydrogens (tertiary/aromatic N) is 3. The van der Waals surface area contributed by atoms with Crippen molar-refractivity contribution in [3.05, 3.63) is 54.4 Å². The molecule has 2 aromatic heterocycles. The first kappa shape index (κ1) is 13.3. The van der Waals surface area contributed by atoms with Crippen molar-refractivity contribution in [3.8, 4) is 6.07 Å². The molecule has 20 heavy (non-hydrogen) atoms. The minimum atomic E-state index is -0.507. The topological polar surface area (TPSA) is 104 Å². The number of anilines is 1. The molecule has 7 heteroatoms. The Labute approximate surface area is 115 Å². The summed E-state index contributed by atoms with van der Waals surface area (Å²) in [5.74, 6) is 0.404. The minimum Gasteiger partial charge on any atom is -0.467 e. The largest absolute Gasteiger partial charge is 0.467 e. The third-order valence-corrected chi connectivity index (χ3v) is 2.28. The molecule has 0 aromatic carbocycles. The number of furan rings is 1. The van der Waals surface area contributed by atoms with E-state index in [-0.39, 0.29) is 12.1 Å². The van der Waals surface area contributed by atoms with Crippen molar-refractivity contribution in [2.45, 2.75) is 6.54 Å². The molecule has 2 N–H and O–H groups in total. The van der Waals surface area contributed by atoms with Gasteiger partial charge in [-0.2, -0.15) is 5.26 Å². The summed E-state index contributed by atoms with van der Waals surface area (Å²) in [6.45, 7) is 0.215. The molecule has 0 aliphatic carbocycles. The normalized spacial score (nSPS) is 10.7. The maximum atomic E-state index is 11.8. The lowest BCUT2D eigenvalue weighted by atomic mass is 10.3. The molecule has 100 valence electrons. The van der Waals surface area contributed by atoms with Crippen molar-refractivity contribution < 1.29 is 9.21 Å². The molecule has 2 aromatic rings. The van der Waals surface area contributed by atoms with Crippen molar-refractivity contribution in [2.75, 3.05) is 5.32 Å². The summed E-state index contributed by atoms with van der Waals surface area (Å²) >= 11 is 0. The zero-order valence-corrected chi connectivity index (χ0v) is 10.4. The highest BCUT2D eigenvalue weighted by atomic mass is 16.3. The van der Waals surface area contributed by atoms with Gasteiger partial charge in [0.2, 0.25) is 5.95 Å². The molecule has 0 radical (unpaired) electrons. The Balaban J connectivity index is 1.93. The van der Waals surface area contributed by atoms with Crippen LogP contribution in [0.4, 0.5) is 5.95 Å². The van der Waals surface area contributed by atoms with E-state index in [2.05, 4.69) is 20.6 Å². The van der Waals surface area contributed by atoms with Crippen molar-refractivity contribution >= 4 is 11.9 Å². The number of nitrogens with one attached hydrogen (secondary N) is 2. The lowest BCUT2D eigenvalue weighted by Gasteiger charge is -2.02. The molecule has 2 heterocycles. The molecular weight excluding hydrogens is 258 g/mol. The van der Waals surface area contributed by atoms with Gasteiger partial charge in [-0.15, -0.1) is 0 Å². The van der Waals surface area contributed by atoms with Gasteiger partial charge in [0.05, 0.1) is 12.8 Å². The highest BCUT2D eigenvalue weighted by Crippen LogP contribution is 2.01. The number of carbonyl (C=O) groups is 1. The number of hydrogen-bond donors (Lipinski definition) is 2. The average Bonchev–Trinajstić information content (AvgIpc) is 3.00. The first-order valence-electron chi connectivity index (χ1n) is 5.74. The van der Waals surface area contributed by atoms with E-state index in [1.165, 1.54) is 12.5 Å². The number of carbonyl (C=O) groups excluding carboxylic acids is 1. The van der Waals surface area contributed by atoms with Crippen LogP contribution in [0.5, 0.6) is 0 Å². The van der Waals surface area contributed by atoms with Crippen LogP contribution in [0.25, 0.3) is 0 Å². The van der Waals surface area contributed by atoms with E-state index in [1.807, 2.05) is 0 Å². The van der Waals surface area contributed by atoms with Gasteiger partial charge in [-0.05, 0) is 18.2 Å². The van der Waals surface area contributed by atoms with Crippen LogP contribution in [0, 0.1) is 11.3 Å². The van der Waals surface area contributed by atoms with Crippen LogP contribution in [0.2, 0.25) is 0 Å². The quantitative estimate of drug-likeness (QED) is 0.624. The second-order valence-electron chi connectivity index (χ2n) is 3.65. The molecule has 0 unspecified atom stereocenters. The summed E-state index contributed by atoms with van der Waals surface area (Å²) < 4.78 is 5.07. The Morgan fingerprint density at radius 3 is 2.85 bits per heavy atom. The summed E-state index contributed by atoms with van der Waals surface area (Å²) in [6, 6.07) is 6.91. The zero-order chi connectivity index (χ0) is 14.2. The fourth-order valence-corrected chi connectivity index (χ4v) is 1.33. The van der Waals surface area contributed by atoms with Gasteiger partial charge >= 0.3 is 0 Å². The number of amides is 1. The molecule has 0 fully saturated rings. The molecular formula is C13H11N5O2. The van der Waals surface area contributed by atoms with Crippen molar-refractivity contribution in [2.24, 2.45) is 0 Å². The zero-order valence-electron chi connectivity index (χ0n) is 10.4. The predicted molar refractivity (Wildman–Crippen MR) is 69.9 cm³/mol. The van der Waals surface area contributed by atoms with Gasteiger partial charge in [-0.3, -0.25) is 4.79 Å². The molecule has 0 atom stereocenters. The summed E-state index contributed by atoms with van der Waals surface area (Å²) in [5.41, 5.74) is -0.0796. The lowest BCUT2D eigenvalue weighted by molar-refractivity contribution is -0.117. The van der Waals surface area contributed by atoms with E-state index in [0.717, 1.165) is 0 Å². The summed E-state index contributed by atoms with van der Waals surface area (Å²) in [4.78, 5) is 19.6. The van der Waals surface area contributed by atoms with Gasteiger partial charge < -0.3 is 15.1 Å². The van der Waals surface area contributed by atoms with Gasteiger partial charge in [0.15, 0.2) is 0 Å². The van der Waals surface area contributed by atoms with E-state index in [0.29, 0.717) is 11.7 Å². The number of aromatic nitrogens is 2. The maximum absolute atomic E-state index is 11.8. The first-order valence-corrected chi connectivity index (χ1v) is 5.74. The van der Waals surface area contributed by atoms with Gasteiger partial charge in [0, 0.05) is 18.6 Å². The van der Waals surface area contributed by atoms with E-state index in [9.17, 15) is 4.79 Å². The second kappa shape index (κ2) is 6.70. The third kappa shape index (κ3) is 3.68. The fraction of sp³-hybridized carbons (Fsp3) is 0.0769. The van der Waals surface area contributed by atoms with E-state index < -0.39 is 5.91 Å². The van der Waals surface area contributed by atoms with Gasteiger partial charge in [0.1, 0.15) is 17.4 Å². The second-order valence-corrected chi connectivity index (χ2v) is 3.65. The standard InChI is InChI=1S/C13H11N5O2/c14-7-10(8-18-13-15-4-2-5-16-13)12(19)17-9-11-3-1-6-20-11/h1-6,8H,9H2,(H,17,19)(H,15,16,18)/b10-8-. The Kier molecular flexibility index (Phi) is 4.46. The molecule has 0 aliphatic rings. The SMILES string of the molecule is N#C/C(=C/Nc1ncccn1)C(=O)NCc1ccco1. The van der Waals surface area contributed by atoms with Crippen LogP contribution in [0.1, 0.15) is 5.76 Å². The Morgan fingerprint density at radius 1 is 1.40 bits per heavy atom. The number of hydrogen-bond acceptors (Lipinski definition) is 6. The van der Waals surface area contributed by atoms with Gasteiger partial charge in [0.25, 0.3) is 5.91 Å². The monoisotopic (exact) mass is 269 g/mol. The van der Waals surface area contributed by atoms with Crippen molar-refractivity contribution in [1.82, 2.24) is 15.3 Å². The van der Waals surface area contributed by atoms with E-state index in [4.69, 9.17) is 9.68 Å². The molecule has 7 nitrogen and oxygen atoms in total. The average molecular weight is 269 g/mol. The Morgan fingerprint density at radius 2 is 2.20 bits per heavy atom. The Bertz CT molecular complexity index is 629. The molecule has 2 rings (SSSR count). The van der Waals surface area contributed by atoms with Gasteiger partial charge in [-0.1, -0.05) is 0 Å². The minimum absolute atomic E-state index is 0.0796. The Hall–Kier alpha value is -3.14. The smallest absolute Gasteiger partial charge is 0.263 e. The number of rotatable bonds is 5. The summed E-state index contributed by atoms with van der Waals surface area (Å²) in [7, 11) is 0. The highest BCUT2D eigenvalue weighted by molar-refractivity contribution is 5.97. The lowest BCUT2D eigenvalue weighted by Crippen LogP contribution is -2.24. The molecule has 0 saturated heterocycles. The van der Waals surface area contributed by atoms with Crippen molar-refractivity contribution in [1.29, 1.82) is 5.26 Å². The first-order chi connectivity index (χ1) is 9.79. The summed E-state index contributed by atoms with van der Waals surface area (Å²) in [5, 5.41) is 14.2. The van der Waals surface area contributed by atoms with E-state index >= 15 is 0 Å². The van der Waals surface area contributed by atoms with Crippen LogP contribution < -0.4 is 10.6 Å². The fourth-order valence-electron chi connectivity index (χ4n) is 1.33. The molecule has 0 bridgehead atoms. The molecule has 0 saturated carbocycles. The van der Waals surface area contributed by atoms with Crippen LogP contribution in [-0.4, -0.2) is 15.9 Å². The summed E-state index contributed by atoms with van der Waals surface area (Å²) in [6.07, 6.45) is 5.86. The van der Waals surface area contributed by atoms with Crippen LogP contribution in [0.15, 0.2) is 53.0 Å². The predicted octanol–water partition coefficient (Wildman–Crippen LogP) is 1.21.